The molecule has 0 saturated heterocycles. The molecule has 0 saturated carbocycles. The van der Waals surface area contributed by atoms with Gasteiger partial charge in [0, 0.05) is 12.5 Å². The van der Waals surface area contributed by atoms with Crippen molar-refractivity contribution in [1.29, 1.82) is 0 Å². The predicted molar refractivity (Wildman–Crippen MR) is 63.4 cm³/mol. The molecule has 1 aromatic rings. The van der Waals surface area contributed by atoms with Crippen LogP contribution in [-0.4, -0.2) is 30.9 Å². The van der Waals surface area contributed by atoms with Gasteiger partial charge in [-0.3, -0.25) is 9.59 Å². The molecule has 0 aliphatic heterocycles. The Morgan fingerprint density at radius 1 is 1.06 bits per heavy atom. The van der Waals surface area contributed by atoms with E-state index in [1.165, 1.54) is 19.1 Å². The van der Waals surface area contributed by atoms with E-state index in [1.54, 1.807) is 19.1 Å². The molecule has 18 heavy (non-hydrogen) atoms. The third-order valence-electron chi connectivity index (χ3n) is 2.13. The van der Waals surface area contributed by atoms with Crippen LogP contribution in [0.1, 0.15) is 34.6 Å². The molecule has 0 spiro atoms. The number of carbonyl (C=O) groups is 3. The Bertz CT molecular complexity index is 464. The zero-order valence-electron chi connectivity index (χ0n) is 10.3. The molecule has 5 nitrogen and oxygen atoms in total. The van der Waals surface area contributed by atoms with Gasteiger partial charge in [0.15, 0.2) is 6.61 Å². The van der Waals surface area contributed by atoms with Gasteiger partial charge >= 0.3 is 11.9 Å². The van der Waals surface area contributed by atoms with Crippen molar-refractivity contribution < 1.29 is 23.9 Å². The topological polar surface area (TPSA) is 69.7 Å². The average Bonchev–Trinajstić information content (AvgIpc) is 2.36. The highest BCUT2D eigenvalue weighted by Crippen LogP contribution is 2.11. The van der Waals surface area contributed by atoms with E-state index in [9.17, 15) is 14.4 Å². The van der Waals surface area contributed by atoms with Crippen LogP contribution in [0.5, 0.6) is 0 Å². The number of Topliss-reactive ketones (excluding diaryl/α,β-unsaturated/α-hetero) is 1. The quantitative estimate of drug-likeness (QED) is 0.586. The van der Waals surface area contributed by atoms with Crippen molar-refractivity contribution in [1.82, 2.24) is 0 Å². The highest BCUT2D eigenvalue weighted by Gasteiger charge is 2.17. The average molecular weight is 250 g/mol. The predicted octanol–water partition coefficient (Wildman–Crippen LogP) is 1.61. The standard InChI is InChI=1S/C13H14O5/c1-3-17-13(16)11-7-5-4-6-10(11)12(15)8-18-9(2)14/h4-7H,3,8H2,1-2H3. The van der Waals surface area contributed by atoms with Crippen LogP contribution in [0.4, 0.5) is 0 Å². The van der Waals surface area contributed by atoms with E-state index >= 15 is 0 Å². The lowest BCUT2D eigenvalue weighted by Crippen LogP contribution is -2.16. The number of benzene rings is 1. The molecule has 0 aromatic heterocycles. The molecule has 0 aliphatic carbocycles. The van der Waals surface area contributed by atoms with Crippen LogP contribution in [0.15, 0.2) is 24.3 Å². The van der Waals surface area contributed by atoms with Crippen LogP contribution in [0, 0.1) is 0 Å². The van der Waals surface area contributed by atoms with Crippen LogP contribution < -0.4 is 0 Å². The van der Waals surface area contributed by atoms with E-state index in [4.69, 9.17) is 4.74 Å². The molecule has 1 rings (SSSR count). The van der Waals surface area contributed by atoms with Gasteiger partial charge in [0.1, 0.15) is 0 Å². The number of ketones is 1. The van der Waals surface area contributed by atoms with Gasteiger partial charge < -0.3 is 9.47 Å². The summed E-state index contributed by atoms with van der Waals surface area (Å²) in [4.78, 5) is 34.1. The maximum atomic E-state index is 11.8. The fraction of sp³-hybridized carbons (Fsp3) is 0.308. The minimum Gasteiger partial charge on any atom is -0.462 e. The van der Waals surface area contributed by atoms with Gasteiger partial charge in [0.25, 0.3) is 0 Å². The SMILES string of the molecule is CCOC(=O)c1ccccc1C(=O)COC(C)=O. The Labute approximate surface area is 105 Å². The first-order valence-corrected chi connectivity index (χ1v) is 5.49. The largest absolute Gasteiger partial charge is 0.462 e. The third kappa shape index (κ3) is 3.69. The molecule has 0 atom stereocenters. The Kier molecular flexibility index (Phi) is 5.05. The lowest BCUT2D eigenvalue weighted by molar-refractivity contribution is -0.139. The van der Waals surface area contributed by atoms with E-state index in [0.29, 0.717) is 0 Å². The molecule has 0 radical (unpaired) electrons. The summed E-state index contributed by atoms with van der Waals surface area (Å²) >= 11 is 0. The second-order valence-corrected chi connectivity index (χ2v) is 3.47. The second kappa shape index (κ2) is 6.54. The van der Waals surface area contributed by atoms with Gasteiger partial charge in [0.2, 0.25) is 5.78 Å². The normalized spacial score (nSPS) is 9.67. The molecule has 0 bridgehead atoms. The van der Waals surface area contributed by atoms with Gasteiger partial charge in [-0.2, -0.15) is 0 Å². The van der Waals surface area contributed by atoms with Gasteiger partial charge in [0.05, 0.1) is 12.2 Å². The molecule has 0 N–H and O–H groups in total. The van der Waals surface area contributed by atoms with E-state index in [1.807, 2.05) is 0 Å². The summed E-state index contributed by atoms with van der Waals surface area (Å²) in [5.41, 5.74) is 0.369. The molecule has 96 valence electrons. The maximum Gasteiger partial charge on any atom is 0.338 e. The molecule has 1 aromatic carbocycles. The first-order chi connectivity index (χ1) is 8.56. The van der Waals surface area contributed by atoms with Crippen molar-refractivity contribution in [3.63, 3.8) is 0 Å². The Morgan fingerprint density at radius 2 is 1.67 bits per heavy atom. The van der Waals surface area contributed by atoms with Crippen LogP contribution in [-0.2, 0) is 14.3 Å². The zero-order valence-corrected chi connectivity index (χ0v) is 10.3. The zero-order chi connectivity index (χ0) is 13.5. The molecular formula is C13H14O5. The molecule has 0 aliphatic rings. The lowest BCUT2D eigenvalue weighted by Gasteiger charge is -2.07. The van der Waals surface area contributed by atoms with E-state index in [0.717, 1.165) is 0 Å². The van der Waals surface area contributed by atoms with E-state index < -0.39 is 17.7 Å². The Morgan fingerprint density at radius 3 is 2.22 bits per heavy atom. The number of hydrogen-bond acceptors (Lipinski definition) is 5. The summed E-state index contributed by atoms with van der Waals surface area (Å²) in [5.74, 6) is -1.55. The lowest BCUT2D eigenvalue weighted by atomic mass is 10.0. The fourth-order valence-electron chi connectivity index (χ4n) is 1.36. The van der Waals surface area contributed by atoms with Crippen LogP contribution in [0.2, 0.25) is 0 Å². The van der Waals surface area contributed by atoms with Crippen molar-refractivity contribution >= 4 is 17.7 Å². The molecule has 5 heteroatoms. The van der Waals surface area contributed by atoms with Crippen molar-refractivity contribution in [3.8, 4) is 0 Å². The maximum absolute atomic E-state index is 11.8. The molecule has 0 fully saturated rings. The monoisotopic (exact) mass is 250 g/mol. The number of ether oxygens (including phenoxy) is 2. The Balaban J connectivity index is 2.91. The van der Waals surface area contributed by atoms with Gasteiger partial charge in [-0.1, -0.05) is 18.2 Å². The van der Waals surface area contributed by atoms with Crippen molar-refractivity contribution in [2.45, 2.75) is 13.8 Å². The highest BCUT2D eigenvalue weighted by molar-refractivity contribution is 6.07. The first-order valence-electron chi connectivity index (χ1n) is 5.49. The number of rotatable bonds is 5. The molecule has 0 amide bonds. The fourth-order valence-corrected chi connectivity index (χ4v) is 1.36. The first kappa shape index (κ1) is 13.9. The smallest absolute Gasteiger partial charge is 0.338 e. The van der Waals surface area contributed by atoms with E-state index in [2.05, 4.69) is 4.74 Å². The summed E-state index contributed by atoms with van der Waals surface area (Å²) in [5, 5.41) is 0. The summed E-state index contributed by atoms with van der Waals surface area (Å²) in [6.07, 6.45) is 0. The minimum absolute atomic E-state index is 0.177. The van der Waals surface area contributed by atoms with Crippen molar-refractivity contribution in [2.75, 3.05) is 13.2 Å². The third-order valence-corrected chi connectivity index (χ3v) is 2.13. The Hall–Kier alpha value is -2.17. The summed E-state index contributed by atoms with van der Waals surface area (Å²) in [7, 11) is 0. The van der Waals surface area contributed by atoms with E-state index in [-0.39, 0.29) is 24.3 Å². The van der Waals surface area contributed by atoms with Gasteiger partial charge in [-0.25, -0.2) is 4.79 Å². The second-order valence-electron chi connectivity index (χ2n) is 3.47. The molecule has 0 unspecified atom stereocenters. The molecular weight excluding hydrogens is 236 g/mol. The van der Waals surface area contributed by atoms with Crippen LogP contribution >= 0.6 is 0 Å². The van der Waals surface area contributed by atoms with Gasteiger partial charge in [-0.15, -0.1) is 0 Å². The minimum atomic E-state index is -0.565. The van der Waals surface area contributed by atoms with Crippen molar-refractivity contribution in [2.24, 2.45) is 0 Å². The van der Waals surface area contributed by atoms with Crippen LogP contribution in [0.3, 0.4) is 0 Å². The van der Waals surface area contributed by atoms with Gasteiger partial charge in [-0.05, 0) is 13.0 Å². The highest BCUT2D eigenvalue weighted by atomic mass is 16.5. The number of hydrogen-bond donors (Lipinski definition) is 0. The summed E-state index contributed by atoms with van der Waals surface area (Å²) in [6.45, 7) is 2.74. The number of carbonyl (C=O) groups excluding carboxylic acids is 3. The van der Waals surface area contributed by atoms with Crippen LogP contribution in [0.25, 0.3) is 0 Å². The molecule has 0 heterocycles. The number of esters is 2. The summed E-state index contributed by atoms with van der Waals surface area (Å²) < 4.78 is 9.46. The summed E-state index contributed by atoms with van der Waals surface area (Å²) in [6, 6.07) is 6.26. The van der Waals surface area contributed by atoms with Crippen molar-refractivity contribution in [3.05, 3.63) is 35.4 Å².